The summed E-state index contributed by atoms with van der Waals surface area (Å²) in [5, 5.41) is 0. The lowest BCUT2D eigenvalue weighted by molar-refractivity contribution is 0.331. The van der Waals surface area contributed by atoms with Gasteiger partial charge in [-0.05, 0) is 63.4 Å². The fourth-order valence-corrected chi connectivity index (χ4v) is 5.15. The molecule has 1 unspecified atom stereocenters. The lowest BCUT2D eigenvalue weighted by Crippen LogP contribution is -2.45. The molecule has 0 aromatic heterocycles. The van der Waals surface area contributed by atoms with E-state index in [0.717, 1.165) is 28.9 Å². The first-order chi connectivity index (χ1) is 12.8. The van der Waals surface area contributed by atoms with Gasteiger partial charge in [0.15, 0.2) is 0 Å². The second kappa shape index (κ2) is 7.87. The van der Waals surface area contributed by atoms with Gasteiger partial charge < -0.3 is 4.74 Å². The quantitative estimate of drug-likeness (QED) is 0.719. The van der Waals surface area contributed by atoms with Gasteiger partial charge in [-0.25, -0.2) is 8.42 Å². The van der Waals surface area contributed by atoms with Crippen molar-refractivity contribution in [1.29, 1.82) is 0 Å². The van der Waals surface area contributed by atoms with Crippen LogP contribution in [0.2, 0.25) is 0 Å². The Hall–Kier alpha value is -2.11. The molecule has 1 aliphatic heterocycles. The van der Waals surface area contributed by atoms with Crippen LogP contribution in [0, 0.1) is 6.92 Å². The Morgan fingerprint density at radius 3 is 2.22 bits per heavy atom. The van der Waals surface area contributed by atoms with Gasteiger partial charge in [-0.3, -0.25) is 0 Å². The second-order valence-electron chi connectivity index (χ2n) is 7.21. The zero-order valence-electron chi connectivity index (χ0n) is 16.4. The van der Waals surface area contributed by atoms with E-state index in [1.807, 2.05) is 43.3 Å². The van der Waals surface area contributed by atoms with Gasteiger partial charge in [-0.2, -0.15) is 4.31 Å². The molecule has 2 aromatic carbocycles. The number of hydrogen-bond donors (Lipinski definition) is 0. The molecule has 0 saturated carbocycles. The van der Waals surface area contributed by atoms with Crippen LogP contribution < -0.4 is 4.74 Å². The average Bonchev–Trinajstić information content (AvgIpc) is 2.66. The van der Waals surface area contributed by atoms with Gasteiger partial charge in [-0.1, -0.05) is 41.0 Å². The maximum absolute atomic E-state index is 13.3. The zero-order valence-corrected chi connectivity index (χ0v) is 17.2. The minimum atomic E-state index is -3.54. The molecule has 1 aliphatic rings. The number of aryl methyl sites for hydroxylation is 1. The molecule has 5 heteroatoms. The Kier molecular flexibility index (Phi) is 5.72. The molecule has 0 aliphatic carbocycles. The van der Waals surface area contributed by atoms with Crippen molar-refractivity contribution < 1.29 is 13.2 Å². The van der Waals surface area contributed by atoms with E-state index in [0.29, 0.717) is 17.9 Å². The fraction of sp³-hybridized carbons (Fsp3) is 0.364. The summed E-state index contributed by atoms with van der Waals surface area (Å²) in [4.78, 5) is 0.361. The summed E-state index contributed by atoms with van der Waals surface area (Å²) in [7, 11) is -1.90. The average molecular weight is 386 g/mol. The first kappa shape index (κ1) is 19.6. The third kappa shape index (κ3) is 4.09. The van der Waals surface area contributed by atoms with Crippen molar-refractivity contribution in [3.63, 3.8) is 0 Å². The molecule has 4 nitrogen and oxygen atoms in total. The molecule has 1 heterocycles. The van der Waals surface area contributed by atoms with Crippen molar-refractivity contribution in [2.75, 3.05) is 13.7 Å². The minimum Gasteiger partial charge on any atom is -0.497 e. The van der Waals surface area contributed by atoms with Gasteiger partial charge in [0.05, 0.1) is 18.0 Å². The smallest absolute Gasteiger partial charge is 0.243 e. The maximum Gasteiger partial charge on any atom is 0.243 e. The van der Waals surface area contributed by atoms with Crippen LogP contribution in [0.3, 0.4) is 0 Å². The van der Waals surface area contributed by atoms with Crippen LogP contribution in [0.1, 0.15) is 31.4 Å². The number of rotatable bonds is 5. The topological polar surface area (TPSA) is 46.6 Å². The van der Waals surface area contributed by atoms with E-state index >= 15 is 0 Å². The highest BCUT2D eigenvalue weighted by molar-refractivity contribution is 7.89. The Morgan fingerprint density at radius 2 is 1.63 bits per heavy atom. The molecule has 0 N–H and O–H groups in total. The summed E-state index contributed by atoms with van der Waals surface area (Å²) in [5.74, 6) is 0.801. The predicted octanol–water partition coefficient (Wildman–Crippen LogP) is 4.35. The van der Waals surface area contributed by atoms with Crippen molar-refractivity contribution >= 4 is 10.0 Å². The highest BCUT2D eigenvalue weighted by Crippen LogP contribution is 2.31. The van der Waals surface area contributed by atoms with E-state index in [1.165, 1.54) is 5.57 Å². The maximum atomic E-state index is 13.3. The van der Waals surface area contributed by atoms with Crippen molar-refractivity contribution in [1.82, 2.24) is 4.31 Å². The lowest BCUT2D eigenvalue weighted by atomic mass is 9.92. The molecule has 0 spiro atoms. The molecule has 0 saturated heterocycles. The van der Waals surface area contributed by atoms with Crippen molar-refractivity contribution in [2.24, 2.45) is 0 Å². The van der Waals surface area contributed by atoms with Crippen LogP contribution >= 0.6 is 0 Å². The molecule has 0 fully saturated rings. The molecule has 0 radical (unpaired) electrons. The number of ether oxygens (including phenoxy) is 1. The Balaban J connectivity index is 1.95. The second-order valence-corrected chi connectivity index (χ2v) is 9.10. The van der Waals surface area contributed by atoms with E-state index in [1.54, 1.807) is 23.5 Å². The molecule has 2 aromatic rings. The van der Waals surface area contributed by atoms with Gasteiger partial charge in [-0.15, -0.1) is 0 Å². The lowest BCUT2D eigenvalue weighted by Gasteiger charge is -2.36. The van der Waals surface area contributed by atoms with Crippen LogP contribution in [-0.2, 0) is 16.4 Å². The standard InChI is InChI=1S/C22H27NO3S/c1-16-5-11-21(12-6-16)27(24,25)23-14-13-17(2)18(3)22(23)15-19-7-9-20(26-4)10-8-19/h5-12,22H,13-15H2,1-4H3. The number of sulfonamides is 1. The summed E-state index contributed by atoms with van der Waals surface area (Å²) < 4.78 is 33.6. The number of hydrogen-bond acceptors (Lipinski definition) is 3. The van der Waals surface area contributed by atoms with Crippen molar-refractivity contribution in [3.8, 4) is 5.75 Å². The van der Waals surface area contributed by atoms with Gasteiger partial charge >= 0.3 is 0 Å². The van der Waals surface area contributed by atoms with Crippen molar-refractivity contribution in [2.45, 2.75) is 44.6 Å². The van der Waals surface area contributed by atoms with Crippen LogP contribution in [-0.4, -0.2) is 32.4 Å². The van der Waals surface area contributed by atoms with Crippen LogP contribution in [0.25, 0.3) is 0 Å². The third-order valence-corrected chi connectivity index (χ3v) is 7.37. The zero-order chi connectivity index (χ0) is 19.6. The molecule has 3 rings (SSSR count). The Bertz CT molecular complexity index is 929. The van der Waals surface area contributed by atoms with Crippen LogP contribution in [0.15, 0.2) is 64.6 Å². The van der Waals surface area contributed by atoms with E-state index in [4.69, 9.17) is 4.74 Å². The summed E-state index contributed by atoms with van der Waals surface area (Å²) in [6.07, 6.45) is 1.42. The molecule has 1 atom stereocenters. The highest BCUT2D eigenvalue weighted by atomic mass is 32.2. The highest BCUT2D eigenvalue weighted by Gasteiger charge is 2.35. The first-order valence-corrected chi connectivity index (χ1v) is 10.6. The third-order valence-electron chi connectivity index (χ3n) is 5.44. The minimum absolute atomic E-state index is 0.168. The summed E-state index contributed by atoms with van der Waals surface area (Å²) in [5.41, 5.74) is 4.57. The van der Waals surface area contributed by atoms with Crippen LogP contribution in [0.4, 0.5) is 0 Å². The van der Waals surface area contributed by atoms with Gasteiger partial charge in [0, 0.05) is 6.54 Å². The number of nitrogens with zero attached hydrogens (tertiary/aromatic N) is 1. The first-order valence-electron chi connectivity index (χ1n) is 9.20. The molecule has 27 heavy (non-hydrogen) atoms. The van der Waals surface area contributed by atoms with Gasteiger partial charge in [0.25, 0.3) is 0 Å². The number of benzene rings is 2. The molecular formula is C22H27NO3S. The van der Waals surface area contributed by atoms with E-state index in [-0.39, 0.29) is 6.04 Å². The predicted molar refractivity (Wildman–Crippen MR) is 109 cm³/mol. The largest absolute Gasteiger partial charge is 0.497 e. The monoisotopic (exact) mass is 385 g/mol. The molecular weight excluding hydrogens is 358 g/mol. The normalized spacial score (nSPS) is 18.6. The van der Waals surface area contributed by atoms with Crippen LogP contribution in [0.5, 0.6) is 5.75 Å². The summed E-state index contributed by atoms with van der Waals surface area (Å²) in [6.45, 7) is 6.63. The summed E-state index contributed by atoms with van der Waals surface area (Å²) >= 11 is 0. The summed E-state index contributed by atoms with van der Waals surface area (Å²) in [6, 6.07) is 14.8. The molecule has 144 valence electrons. The molecule has 0 bridgehead atoms. The van der Waals surface area contributed by atoms with E-state index in [9.17, 15) is 8.42 Å². The Labute approximate surface area is 162 Å². The van der Waals surface area contributed by atoms with E-state index < -0.39 is 10.0 Å². The van der Waals surface area contributed by atoms with Crippen molar-refractivity contribution in [3.05, 3.63) is 70.8 Å². The number of methoxy groups -OCH3 is 1. The Morgan fingerprint density at radius 1 is 1.00 bits per heavy atom. The van der Waals surface area contributed by atoms with Gasteiger partial charge in [0.2, 0.25) is 10.0 Å². The van der Waals surface area contributed by atoms with Gasteiger partial charge in [0.1, 0.15) is 5.75 Å². The SMILES string of the molecule is COc1ccc(CC2C(C)=C(C)CCN2S(=O)(=O)c2ccc(C)cc2)cc1. The fourth-order valence-electron chi connectivity index (χ4n) is 3.50. The molecule has 0 amide bonds. The van der Waals surface area contributed by atoms with E-state index in [2.05, 4.69) is 13.8 Å².